The van der Waals surface area contributed by atoms with Crippen LogP contribution in [0.3, 0.4) is 0 Å². The largest absolute Gasteiger partial charge is 0.398 e. The van der Waals surface area contributed by atoms with E-state index in [1.807, 2.05) is 18.2 Å². The molecule has 12 heteroatoms. The van der Waals surface area contributed by atoms with E-state index in [1.165, 1.54) is 80.3 Å². The fourth-order valence-corrected chi connectivity index (χ4v) is 7.44. The lowest BCUT2D eigenvalue weighted by atomic mass is 10.1. The minimum absolute atomic E-state index is 0.0674. The summed E-state index contributed by atoms with van der Waals surface area (Å²) in [6.45, 7) is 2.24. The molecule has 0 aliphatic carbocycles. The third-order valence-corrected chi connectivity index (χ3v) is 10.2. The maximum absolute atomic E-state index is 13.8. The summed E-state index contributed by atoms with van der Waals surface area (Å²) in [6.07, 6.45) is 13.9. The lowest BCUT2D eigenvalue weighted by molar-refractivity contribution is -0.117. The van der Waals surface area contributed by atoms with E-state index in [9.17, 15) is 9.59 Å². The van der Waals surface area contributed by atoms with Crippen LogP contribution in [-0.4, -0.2) is 22.9 Å². The van der Waals surface area contributed by atoms with Gasteiger partial charge < -0.3 is 11.1 Å². The maximum atomic E-state index is 13.8. The molecule has 1 fully saturated rings. The predicted molar refractivity (Wildman–Crippen MR) is 201 cm³/mol. The molecule has 0 radical (unpaired) electrons. The highest BCUT2D eigenvalue weighted by Gasteiger charge is 2.41. The quantitative estimate of drug-likeness (QED) is 0.0946. The number of para-hydroxylation sites is 1. The van der Waals surface area contributed by atoms with Gasteiger partial charge in [-0.1, -0.05) is 130 Å². The van der Waals surface area contributed by atoms with Crippen LogP contribution in [0.2, 0.25) is 20.1 Å². The van der Waals surface area contributed by atoms with E-state index in [2.05, 4.69) is 17.7 Å². The van der Waals surface area contributed by atoms with E-state index in [4.69, 9.17) is 57.1 Å². The van der Waals surface area contributed by atoms with Crippen LogP contribution >= 0.6 is 58.2 Å². The molecule has 3 aromatic carbocycles. The van der Waals surface area contributed by atoms with Crippen LogP contribution in [0.4, 0.5) is 22.7 Å². The van der Waals surface area contributed by atoms with Crippen LogP contribution in [0, 0.1) is 0 Å². The highest BCUT2D eigenvalue weighted by Crippen LogP contribution is 2.41. The van der Waals surface area contributed by atoms with Gasteiger partial charge in [0.15, 0.2) is 0 Å². The van der Waals surface area contributed by atoms with Gasteiger partial charge in [-0.2, -0.15) is 0 Å². The molecule has 47 heavy (non-hydrogen) atoms. The zero-order valence-electron chi connectivity index (χ0n) is 26.5. The number of amidine groups is 1. The van der Waals surface area contributed by atoms with Crippen molar-refractivity contribution < 1.29 is 9.59 Å². The van der Waals surface area contributed by atoms with Crippen LogP contribution in [0.25, 0.3) is 0 Å². The molecular weight excluding hydrogens is 696 g/mol. The first-order valence-corrected chi connectivity index (χ1v) is 18.5. The molecule has 0 bridgehead atoms. The fraction of sp³-hybridized carbons (Fsp3) is 0.400. The van der Waals surface area contributed by atoms with E-state index in [1.54, 1.807) is 24.3 Å². The van der Waals surface area contributed by atoms with Crippen LogP contribution in [-0.2, 0) is 9.59 Å². The fourth-order valence-electron chi connectivity index (χ4n) is 5.26. The summed E-state index contributed by atoms with van der Waals surface area (Å²) in [5, 5.41) is 4.43. The first-order valence-electron chi connectivity index (χ1n) is 16.1. The second-order valence-corrected chi connectivity index (χ2v) is 14.3. The Labute approximate surface area is 301 Å². The molecular formula is C35H41Cl4N5O2S. The number of nitrogens with zero attached hydrogens (tertiary/aromatic N) is 2. The molecule has 4 rings (SSSR count). The topological polar surface area (TPSA) is 99.8 Å². The Kier molecular flexibility index (Phi) is 14.9. The number of hydrazine groups is 1. The molecule has 0 saturated carbocycles. The maximum Gasteiger partial charge on any atom is 0.267 e. The highest BCUT2D eigenvalue weighted by atomic mass is 35.5. The van der Waals surface area contributed by atoms with Gasteiger partial charge in [-0.05, 0) is 48.9 Å². The predicted octanol–water partition coefficient (Wildman–Crippen LogP) is 11.3. The number of amides is 2. The first-order chi connectivity index (χ1) is 22.7. The Balaban J connectivity index is 1.42. The number of carbonyl (C=O) groups excluding carboxylic acids is 2. The summed E-state index contributed by atoms with van der Waals surface area (Å²) in [5.74, 6) is -0.144. The Morgan fingerprint density at radius 3 is 2.13 bits per heavy atom. The van der Waals surface area contributed by atoms with Crippen molar-refractivity contribution in [2.45, 2.75) is 94.1 Å². The van der Waals surface area contributed by atoms with Crippen molar-refractivity contribution in [2.24, 2.45) is 4.99 Å². The SMILES string of the molecule is CCCCCCCCCCCCCC(=O)Nc1ccc(Cl)c(N=C2NN(c3c(Cl)cc(Cl)cc3Cl)C(=O)C2Sc2ccccc2N)c1. The average molecular weight is 738 g/mol. The molecule has 1 atom stereocenters. The van der Waals surface area contributed by atoms with E-state index < -0.39 is 5.25 Å². The van der Waals surface area contributed by atoms with Crippen LogP contribution in [0.15, 0.2) is 64.5 Å². The first kappa shape index (κ1) is 37.2. The molecule has 1 saturated heterocycles. The number of halogens is 4. The standard InChI is InChI=1S/C35H41Cl4N5O2S/c1-2-3-4-5-6-7-8-9-10-11-12-17-31(45)41-24-18-19-25(37)29(22-24)42-34-33(47-30-16-14-13-15-28(30)40)35(46)44(43-34)32-26(38)20-23(36)21-27(32)39/h13-16,18-22,33H,2-12,17,40H2,1H3,(H,41,45)(H,42,43). The van der Waals surface area contributed by atoms with E-state index in [0.29, 0.717) is 38.4 Å². The number of unbranched alkanes of at least 4 members (excludes halogenated alkanes) is 10. The number of benzene rings is 3. The monoisotopic (exact) mass is 735 g/mol. The van der Waals surface area contributed by atoms with Gasteiger partial charge in [-0.25, -0.2) is 10.0 Å². The smallest absolute Gasteiger partial charge is 0.267 e. The van der Waals surface area contributed by atoms with Gasteiger partial charge in [0.1, 0.15) is 16.8 Å². The molecule has 7 nitrogen and oxygen atoms in total. The number of aliphatic imine (C=N–C) groups is 1. The number of anilines is 3. The van der Waals surface area contributed by atoms with Crippen molar-refractivity contribution in [3.05, 3.63) is 74.7 Å². The number of nitrogen functional groups attached to an aromatic ring is 1. The molecule has 0 aromatic heterocycles. The van der Waals surface area contributed by atoms with Gasteiger partial charge in [-0.3, -0.25) is 15.0 Å². The highest BCUT2D eigenvalue weighted by molar-refractivity contribution is 8.01. The third-order valence-electron chi connectivity index (χ3n) is 7.77. The normalized spacial score (nSPS) is 15.3. The van der Waals surface area contributed by atoms with Crippen LogP contribution < -0.4 is 21.5 Å². The van der Waals surface area contributed by atoms with Gasteiger partial charge in [0.2, 0.25) is 5.91 Å². The Morgan fingerprint density at radius 2 is 1.49 bits per heavy atom. The molecule has 1 unspecified atom stereocenters. The molecule has 252 valence electrons. The lowest BCUT2D eigenvalue weighted by Gasteiger charge is -2.19. The third kappa shape index (κ3) is 10.9. The molecule has 3 aromatic rings. The summed E-state index contributed by atoms with van der Waals surface area (Å²) in [6, 6.07) is 15.3. The van der Waals surface area contributed by atoms with E-state index in [0.717, 1.165) is 19.3 Å². The van der Waals surface area contributed by atoms with E-state index in [-0.39, 0.29) is 33.4 Å². The van der Waals surface area contributed by atoms with Crippen molar-refractivity contribution in [3.8, 4) is 0 Å². The number of hydrogen-bond donors (Lipinski definition) is 3. The number of carbonyl (C=O) groups is 2. The van der Waals surface area contributed by atoms with Crippen molar-refractivity contribution in [1.82, 2.24) is 5.43 Å². The number of hydrogen-bond acceptors (Lipinski definition) is 5. The molecule has 1 aliphatic heterocycles. The summed E-state index contributed by atoms with van der Waals surface area (Å²) >= 11 is 26.9. The summed E-state index contributed by atoms with van der Waals surface area (Å²) in [7, 11) is 0. The van der Waals surface area contributed by atoms with Gasteiger partial charge >= 0.3 is 0 Å². The summed E-state index contributed by atoms with van der Waals surface area (Å²) in [4.78, 5) is 32.0. The molecule has 0 spiro atoms. The molecule has 2 amide bonds. The lowest BCUT2D eigenvalue weighted by Crippen LogP contribution is -2.36. The van der Waals surface area contributed by atoms with Crippen LogP contribution in [0.5, 0.6) is 0 Å². The summed E-state index contributed by atoms with van der Waals surface area (Å²) in [5.41, 5.74) is 11.0. The van der Waals surface area contributed by atoms with Gasteiger partial charge in [-0.15, -0.1) is 11.8 Å². The van der Waals surface area contributed by atoms with Crippen LogP contribution in [0.1, 0.15) is 84.0 Å². The number of nitrogens with one attached hydrogen (secondary N) is 2. The van der Waals surface area contributed by atoms with Gasteiger partial charge in [0.25, 0.3) is 5.91 Å². The van der Waals surface area contributed by atoms with Crippen molar-refractivity contribution in [2.75, 3.05) is 16.1 Å². The van der Waals surface area contributed by atoms with Gasteiger partial charge in [0, 0.05) is 27.7 Å². The second-order valence-electron chi connectivity index (χ2n) is 11.5. The number of rotatable bonds is 17. The zero-order valence-corrected chi connectivity index (χ0v) is 30.3. The van der Waals surface area contributed by atoms with Crippen molar-refractivity contribution in [3.63, 3.8) is 0 Å². The molecule has 1 heterocycles. The average Bonchev–Trinajstić information content (AvgIpc) is 3.31. The number of thioether (sulfide) groups is 1. The minimum Gasteiger partial charge on any atom is -0.398 e. The van der Waals surface area contributed by atoms with E-state index >= 15 is 0 Å². The minimum atomic E-state index is -0.835. The van der Waals surface area contributed by atoms with Crippen molar-refractivity contribution >= 4 is 98.6 Å². The zero-order chi connectivity index (χ0) is 33.8. The summed E-state index contributed by atoms with van der Waals surface area (Å²) < 4.78 is 0. The Hall–Kier alpha value is -2.62. The molecule has 1 aliphatic rings. The molecule has 4 N–H and O–H groups in total. The Bertz CT molecular complexity index is 1550. The van der Waals surface area contributed by atoms with Gasteiger partial charge in [0.05, 0.1) is 20.8 Å². The van der Waals surface area contributed by atoms with Crippen molar-refractivity contribution in [1.29, 1.82) is 0 Å². The number of nitrogens with two attached hydrogens (primary N) is 1. The second kappa shape index (κ2) is 18.8. The Morgan fingerprint density at radius 1 is 0.872 bits per heavy atom.